The quantitative estimate of drug-likeness (QED) is 0.0537. The highest BCUT2D eigenvalue weighted by molar-refractivity contribution is 7.81. The van der Waals surface area contributed by atoms with Gasteiger partial charge >= 0.3 is 33.1 Å². The van der Waals surface area contributed by atoms with Crippen molar-refractivity contribution < 1.29 is 72.0 Å². The Kier molecular flexibility index (Phi) is 20.6. The molecule has 0 atom stereocenters. The smallest absolute Gasteiger partial charge is 0.488 e. The number of nitrogens with zero attached hydrogens (tertiary/aromatic N) is 1. The number of carboxylic acids is 1. The van der Waals surface area contributed by atoms with Crippen LogP contribution in [-0.4, -0.2) is 75.0 Å². The van der Waals surface area contributed by atoms with E-state index in [1.165, 1.54) is 54.6 Å². The van der Waals surface area contributed by atoms with Gasteiger partial charge in [0, 0.05) is 17.8 Å². The fourth-order valence-corrected chi connectivity index (χ4v) is 6.22. The standard InChI is InChI=1S/C20H21FN2O4.C13H17NO3.C7H4FNO4S.O3S/c21-14-3-5-15(6-4-14)22-20(26)23-16-7-11-18(12-8-16)27-17-9-1-13(2-10-17)19(24)25;14-10-1-3-12(4-2-10)17-13-7-5-11(6-8-13)16-9-15;8-14(11,12)13-7-3-1-6(2-4-7)9-5-10;1-4(2)3/h1-6,9-10,16,18H,7-8,11-12H2,(H,24,25)(H2,22,23,26);5-10,12H,1-4,14H2;1-4H;. The Morgan fingerprint density at radius 2 is 1.23 bits per heavy atom. The molecule has 62 heavy (non-hydrogen) atoms. The van der Waals surface area contributed by atoms with Gasteiger partial charge in [0.1, 0.15) is 28.8 Å². The molecule has 2 fully saturated rings. The van der Waals surface area contributed by atoms with Gasteiger partial charge in [-0.2, -0.15) is 13.4 Å². The molecule has 0 radical (unpaired) electrons. The van der Waals surface area contributed by atoms with Crippen molar-refractivity contribution >= 4 is 57.0 Å². The van der Waals surface area contributed by atoms with Crippen molar-refractivity contribution in [1.82, 2.24) is 5.32 Å². The number of isocyanates is 1. The Morgan fingerprint density at radius 1 is 0.758 bits per heavy atom. The number of benzene rings is 4. The van der Waals surface area contributed by atoms with Crippen LogP contribution in [0, 0.1) is 5.82 Å². The molecule has 332 valence electrons. The molecule has 4 aromatic rings. The highest BCUT2D eigenvalue weighted by atomic mass is 32.3. The molecule has 0 spiro atoms. The second kappa shape index (κ2) is 25.8. The Labute approximate surface area is 356 Å². The molecule has 0 saturated heterocycles. The van der Waals surface area contributed by atoms with Crippen LogP contribution in [0.2, 0.25) is 0 Å². The first kappa shape index (κ1) is 49.6. The minimum Gasteiger partial charge on any atom is -0.490 e. The first-order valence-electron chi connectivity index (χ1n) is 18.6. The number of aliphatic imine (C=N–C) groups is 1. The molecule has 0 heterocycles. The number of aromatic carboxylic acids is 1. The molecule has 0 unspecified atom stereocenters. The van der Waals surface area contributed by atoms with E-state index in [1.54, 1.807) is 24.3 Å². The normalized spacial score (nSPS) is 17.7. The first-order chi connectivity index (χ1) is 29.5. The number of rotatable bonds is 12. The minimum absolute atomic E-state index is 0.0406. The number of hydrogen-bond donors (Lipinski definition) is 4. The number of hydrogen-bond acceptors (Lipinski definition) is 15. The van der Waals surface area contributed by atoms with Crippen LogP contribution < -0.4 is 34.8 Å². The average Bonchev–Trinajstić information content (AvgIpc) is 3.22. The summed E-state index contributed by atoms with van der Waals surface area (Å²) >= 11 is 0. The SMILES string of the molecule is NC1CCC(Oc2ccc(OC=O)cc2)CC1.O=C(Nc1ccc(F)cc1)NC1CCC(Oc2ccc(C(=O)O)cc2)CC1.O=C=Nc1ccc(OS(=O)(=O)F)cc1.O=S(=O)=O. The molecule has 2 saturated carbocycles. The van der Waals surface area contributed by atoms with Crippen LogP contribution in [0.3, 0.4) is 0 Å². The van der Waals surface area contributed by atoms with E-state index in [1.807, 2.05) is 12.1 Å². The molecule has 2 aliphatic carbocycles. The predicted octanol–water partition coefficient (Wildman–Crippen LogP) is 6.15. The van der Waals surface area contributed by atoms with Crippen molar-refractivity contribution in [3.05, 3.63) is 108 Å². The van der Waals surface area contributed by atoms with Crippen LogP contribution in [0.5, 0.6) is 23.0 Å². The average molecular weight is 905 g/mol. The second-order valence-corrected chi connectivity index (χ2v) is 14.6. The summed E-state index contributed by atoms with van der Waals surface area (Å²) in [6.45, 7) is 0.415. The molecule has 5 N–H and O–H groups in total. The summed E-state index contributed by atoms with van der Waals surface area (Å²) in [5.41, 5.74) is 6.87. The fraction of sp³-hybridized carbons (Fsp3) is 0.300. The van der Waals surface area contributed by atoms with Gasteiger partial charge in [0.15, 0.2) is 0 Å². The topological polar surface area (TPSA) is 273 Å². The van der Waals surface area contributed by atoms with Gasteiger partial charge in [0.2, 0.25) is 6.08 Å². The van der Waals surface area contributed by atoms with E-state index in [2.05, 4.69) is 19.8 Å². The Bertz CT molecular complexity index is 2300. The number of carbonyl (C=O) groups is 3. The van der Waals surface area contributed by atoms with Gasteiger partial charge < -0.3 is 39.9 Å². The number of carboxylic acid groups (broad SMARTS) is 1. The third kappa shape index (κ3) is 20.5. The molecule has 18 nitrogen and oxygen atoms in total. The maximum absolute atomic E-state index is 12.9. The number of nitrogens with one attached hydrogen (secondary N) is 2. The van der Waals surface area contributed by atoms with Crippen molar-refractivity contribution in [3.8, 4) is 23.0 Å². The number of ether oxygens (including phenoxy) is 3. The molecule has 2 aliphatic rings. The van der Waals surface area contributed by atoms with Gasteiger partial charge in [-0.25, -0.2) is 18.8 Å². The molecule has 0 aromatic heterocycles. The maximum atomic E-state index is 12.9. The Morgan fingerprint density at radius 3 is 1.69 bits per heavy atom. The number of carbonyl (C=O) groups excluding carboxylic acids is 3. The summed E-state index contributed by atoms with van der Waals surface area (Å²) in [7, 11) is -8.12. The number of urea groups is 1. The van der Waals surface area contributed by atoms with Gasteiger partial charge in [0.25, 0.3) is 6.47 Å². The third-order valence-electron chi connectivity index (χ3n) is 8.75. The van der Waals surface area contributed by atoms with E-state index in [4.69, 9.17) is 37.7 Å². The lowest BCUT2D eigenvalue weighted by Gasteiger charge is -2.29. The van der Waals surface area contributed by atoms with Crippen molar-refractivity contribution in [2.75, 3.05) is 5.32 Å². The summed E-state index contributed by atoms with van der Waals surface area (Å²) in [6.07, 6.45) is 8.82. The lowest BCUT2D eigenvalue weighted by Crippen LogP contribution is -2.41. The van der Waals surface area contributed by atoms with E-state index < -0.39 is 27.1 Å². The van der Waals surface area contributed by atoms with Crippen LogP contribution in [-0.2, 0) is 30.7 Å². The minimum atomic E-state index is -5.01. The summed E-state index contributed by atoms with van der Waals surface area (Å²) in [5, 5.41) is 14.5. The molecular formula is C40H42F2N4O14S2. The number of anilines is 1. The van der Waals surface area contributed by atoms with Crippen LogP contribution in [0.4, 0.5) is 24.4 Å². The number of nitrogens with two attached hydrogens (primary N) is 1. The predicted molar refractivity (Wildman–Crippen MR) is 217 cm³/mol. The van der Waals surface area contributed by atoms with E-state index >= 15 is 0 Å². The summed E-state index contributed by atoms with van der Waals surface area (Å²) in [6, 6.07) is 24.0. The van der Waals surface area contributed by atoms with Gasteiger partial charge in [-0.3, -0.25) is 4.79 Å². The number of amides is 2. The zero-order chi connectivity index (χ0) is 45.5. The number of halogens is 2. The van der Waals surface area contributed by atoms with Crippen LogP contribution >= 0.6 is 0 Å². The molecule has 2 amide bonds. The monoisotopic (exact) mass is 904 g/mol. The molecule has 6 rings (SSSR count). The van der Waals surface area contributed by atoms with Gasteiger partial charge in [-0.05, 0) is 148 Å². The van der Waals surface area contributed by atoms with E-state index in [-0.39, 0.29) is 47.1 Å². The van der Waals surface area contributed by atoms with E-state index in [9.17, 15) is 35.9 Å². The Hall–Kier alpha value is -6.74. The summed E-state index contributed by atoms with van der Waals surface area (Å²) < 4.78 is 90.6. The third-order valence-corrected chi connectivity index (χ3v) is 9.14. The van der Waals surface area contributed by atoms with E-state index in [0.717, 1.165) is 69.2 Å². The molecule has 0 bridgehead atoms. The van der Waals surface area contributed by atoms with Gasteiger partial charge in [-0.1, -0.05) is 3.89 Å². The van der Waals surface area contributed by atoms with Crippen molar-refractivity contribution in [1.29, 1.82) is 0 Å². The first-order valence-corrected chi connectivity index (χ1v) is 20.9. The van der Waals surface area contributed by atoms with Gasteiger partial charge in [0.05, 0.1) is 23.5 Å². The van der Waals surface area contributed by atoms with E-state index in [0.29, 0.717) is 29.7 Å². The van der Waals surface area contributed by atoms with Gasteiger partial charge in [-0.15, -0.1) is 12.6 Å². The molecule has 0 aliphatic heterocycles. The van der Waals surface area contributed by atoms with Crippen LogP contribution in [0.1, 0.15) is 61.7 Å². The lowest BCUT2D eigenvalue weighted by molar-refractivity contribution is -0.120. The summed E-state index contributed by atoms with van der Waals surface area (Å²) in [4.78, 5) is 46.1. The van der Waals surface area contributed by atoms with Crippen LogP contribution in [0.15, 0.2) is 102 Å². The lowest BCUT2D eigenvalue weighted by atomic mass is 9.93. The molecular weight excluding hydrogens is 863 g/mol. The fourth-order valence-electron chi connectivity index (χ4n) is 5.87. The summed E-state index contributed by atoms with van der Waals surface area (Å²) in [5.74, 6) is 0.466. The largest absolute Gasteiger partial charge is 0.490 e. The molecule has 4 aromatic carbocycles. The van der Waals surface area contributed by atoms with Crippen molar-refractivity contribution in [2.24, 2.45) is 10.7 Å². The molecule has 22 heteroatoms. The zero-order valence-corrected chi connectivity index (χ0v) is 34.3. The van der Waals surface area contributed by atoms with Crippen molar-refractivity contribution in [3.63, 3.8) is 0 Å². The Balaban J connectivity index is 0.000000252. The zero-order valence-electron chi connectivity index (χ0n) is 32.6. The maximum Gasteiger partial charge on any atom is 0.488 e. The second-order valence-electron chi connectivity index (χ2n) is 13.2. The highest BCUT2D eigenvalue weighted by Crippen LogP contribution is 2.26. The highest BCUT2D eigenvalue weighted by Gasteiger charge is 2.24. The van der Waals surface area contributed by atoms with Crippen molar-refractivity contribution in [2.45, 2.75) is 75.7 Å². The van der Waals surface area contributed by atoms with Crippen LogP contribution in [0.25, 0.3) is 0 Å².